The van der Waals surface area contributed by atoms with E-state index < -0.39 is 5.41 Å². The van der Waals surface area contributed by atoms with E-state index in [4.69, 9.17) is 23.1 Å². The first kappa shape index (κ1) is 18.4. The van der Waals surface area contributed by atoms with Crippen LogP contribution >= 0.6 is 12.2 Å². The number of carbonyl (C=O) groups is 1. The highest BCUT2D eigenvalue weighted by molar-refractivity contribution is 7.80. The minimum Gasteiger partial charge on any atom is -0.396 e. The number of carbonyl (C=O) groups excluding carboxylic acids is 1. The van der Waals surface area contributed by atoms with Gasteiger partial charge in [0.1, 0.15) is 0 Å². The molecule has 1 fully saturated rings. The van der Waals surface area contributed by atoms with Crippen LogP contribution in [0.4, 0.5) is 0 Å². The number of hydrogen-bond donors (Lipinski definition) is 2. The summed E-state index contributed by atoms with van der Waals surface area (Å²) in [6.07, 6.45) is 6.95. The van der Waals surface area contributed by atoms with E-state index >= 15 is 0 Å². The zero-order valence-electron chi connectivity index (χ0n) is 13.4. The highest BCUT2D eigenvalue weighted by atomic mass is 32.1. The van der Waals surface area contributed by atoms with E-state index in [-0.39, 0.29) is 18.6 Å². The number of nitrogens with two attached hydrogens (primary N) is 1. The van der Waals surface area contributed by atoms with Gasteiger partial charge in [0.2, 0.25) is 5.91 Å². The zero-order valence-corrected chi connectivity index (χ0v) is 14.3. The molecule has 0 aliphatic carbocycles. The topological polar surface area (TPSA) is 66.6 Å². The molecule has 1 saturated heterocycles. The molecule has 1 amide bonds. The molecular formula is C16H30N2O2S. The highest BCUT2D eigenvalue weighted by Crippen LogP contribution is 2.36. The number of amides is 1. The van der Waals surface area contributed by atoms with E-state index in [2.05, 4.69) is 13.8 Å². The lowest BCUT2D eigenvalue weighted by Crippen LogP contribution is -2.52. The van der Waals surface area contributed by atoms with Crippen molar-refractivity contribution in [3.63, 3.8) is 0 Å². The van der Waals surface area contributed by atoms with Gasteiger partial charge in [-0.1, -0.05) is 38.9 Å². The summed E-state index contributed by atoms with van der Waals surface area (Å²) in [7, 11) is 0. The molecule has 0 aromatic carbocycles. The van der Waals surface area contributed by atoms with Gasteiger partial charge in [0.05, 0.1) is 10.4 Å². The van der Waals surface area contributed by atoms with Crippen LogP contribution in [0.1, 0.15) is 65.2 Å². The number of rotatable bonds is 9. The van der Waals surface area contributed by atoms with Crippen molar-refractivity contribution in [3.8, 4) is 0 Å². The third-order valence-electron chi connectivity index (χ3n) is 4.57. The molecule has 1 heterocycles. The lowest BCUT2D eigenvalue weighted by atomic mass is 9.77. The molecule has 1 unspecified atom stereocenters. The van der Waals surface area contributed by atoms with Crippen molar-refractivity contribution in [2.24, 2.45) is 11.1 Å². The third kappa shape index (κ3) is 4.16. The van der Waals surface area contributed by atoms with Crippen LogP contribution in [-0.4, -0.2) is 40.1 Å². The van der Waals surface area contributed by atoms with E-state index in [0.29, 0.717) is 4.99 Å². The van der Waals surface area contributed by atoms with Gasteiger partial charge >= 0.3 is 0 Å². The van der Waals surface area contributed by atoms with Gasteiger partial charge < -0.3 is 15.7 Å². The Morgan fingerprint density at radius 2 is 2.00 bits per heavy atom. The van der Waals surface area contributed by atoms with Gasteiger partial charge in [-0.3, -0.25) is 4.79 Å². The van der Waals surface area contributed by atoms with Crippen molar-refractivity contribution in [1.82, 2.24) is 4.90 Å². The molecule has 1 aliphatic heterocycles. The molecule has 0 bridgehead atoms. The number of nitrogens with zero attached hydrogens (tertiary/aromatic N) is 1. The Labute approximate surface area is 134 Å². The van der Waals surface area contributed by atoms with Gasteiger partial charge in [-0.15, -0.1) is 0 Å². The molecular weight excluding hydrogens is 284 g/mol. The molecule has 0 radical (unpaired) electrons. The predicted octanol–water partition coefficient (Wildman–Crippen LogP) is 2.62. The van der Waals surface area contributed by atoms with Crippen LogP contribution in [0.2, 0.25) is 0 Å². The molecule has 21 heavy (non-hydrogen) atoms. The Morgan fingerprint density at radius 1 is 1.38 bits per heavy atom. The van der Waals surface area contributed by atoms with Crippen LogP contribution in [0, 0.1) is 5.41 Å². The fraction of sp³-hybridized carbons (Fsp3) is 0.875. The predicted molar refractivity (Wildman–Crippen MR) is 90.1 cm³/mol. The summed E-state index contributed by atoms with van der Waals surface area (Å²) in [5.74, 6) is 0.124. The van der Waals surface area contributed by atoms with Crippen molar-refractivity contribution in [2.45, 2.75) is 71.3 Å². The minimum absolute atomic E-state index is 0.124. The maximum atomic E-state index is 13.2. The lowest BCUT2D eigenvalue weighted by Gasteiger charge is -2.37. The summed E-state index contributed by atoms with van der Waals surface area (Å²) in [5, 5.41) is 9.02. The largest absolute Gasteiger partial charge is 0.396 e. The third-order valence-corrected chi connectivity index (χ3v) is 4.96. The first-order chi connectivity index (χ1) is 10.0. The minimum atomic E-state index is -0.666. The van der Waals surface area contributed by atoms with E-state index in [0.717, 1.165) is 57.9 Å². The summed E-state index contributed by atoms with van der Waals surface area (Å²) in [5.41, 5.74) is 5.34. The molecule has 1 aliphatic rings. The van der Waals surface area contributed by atoms with Crippen LogP contribution < -0.4 is 5.73 Å². The Bertz CT molecular complexity index is 354. The second-order valence-corrected chi connectivity index (χ2v) is 6.55. The fourth-order valence-corrected chi connectivity index (χ4v) is 3.84. The quantitative estimate of drug-likeness (QED) is 0.642. The zero-order chi connectivity index (χ0) is 15.9. The Balaban J connectivity index is 2.95. The number of thiocarbonyl (C=S) groups is 1. The summed E-state index contributed by atoms with van der Waals surface area (Å²) in [6, 6.07) is 0.243. The summed E-state index contributed by atoms with van der Waals surface area (Å²) < 4.78 is 0. The molecule has 0 spiro atoms. The van der Waals surface area contributed by atoms with Crippen molar-refractivity contribution in [2.75, 3.05) is 13.2 Å². The van der Waals surface area contributed by atoms with Crippen LogP contribution in [0.3, 0.4) is 0 Å². The highest BCUT2D eigenvalue weighted by Gasteiger charge is 2.45. The standard InChI is InChI=1S/C16H30N2O2S/c1-3-9-16(10-4-2,14(17)21)15(20)18-11-5-7-13(18)8-6-12-19/h13,19H,3-12H2,1-2H3,(H2,17,21). The average molecular weight is 314 g/mol. The first-order valence-corrected chi connectivity index (χ1v) is 8.66. The molecule has 1 atom stereocenters. The number of aliphatic hydroxyl groups is 1. The van der Waals surface area contributed by atoms with Gasteiger partial charge in [0.25, 0.3) is 0 Å². The molecule has 3 N–H and O–H groups in total. The van der Waals surface area contributed by atoms with Gasteiger partial charge in [0, 0.05) is 19.2 Å². The van der Waals surface area contributed by atoms with Crippen molar-refractivity contribution in [1.29, 1.82) is 0 Å². The maximum absolute atomic E-state index is 13.2. The van der Waals surface area contributed by atoms with E-state index in [1.807, 2.05) is 4.90 Å². The van der Waals surface area contributed by atoms with Crippen molar-refractivity contribution in [3.05, 3.63) is 0 Å². The normalized spacial score (nSPS) is 19.0. The van der Waals surface area contributed by atoms with Crippen LogP contribution in [0.5, 0.6) is 0 Å². The van der Waals surface area contributed by atoms with Crippen molar-refractivity contribution < 1.29 is 9.90 Å². The van der Waals surface area contributed by atoms with E-state index in [1.54, 1.807) is 0 Å². The second kappa shape index (κ2) is 8.69. The Kier molecular flexibility index (Phi) is 7.60. The number of hydrogen-bond acceptors (Lipinski definition) is 3. The van der Waals surface area contributed by atoms with Crippen LogP contribution in [0.25, 0.3) is 0 Å². The molecule has 0 aromatic heterocycles. The summed E-state index contributed by atoms with van der Waals surface area (Å²) >= 11 is 5.29. The molecule has 0 saturated carbocycles. The van der Waals surface area contributed by atoms with Crippen LogP contribution in [-0.2, 0) is 4.79 Å². The van der Waals surface area contributed by atoms with Gasteiger partial charge in [0.15, 0.2) is 0 Å². The molecule has 122 valence electrons. The molecule has 5 heteroatoms. The fourth-order valence-electron chi connectivity index (χ4n) is 3.55. The number of aliphatic hydroxyl groups excluding tert-OH is 1. The number of likely N-dealkylation sites (tertiary alicyclic amines) is 1. The monoisotopic (exact) mass is 314 g/mol. The first-order valence-electron chi connectivity index (χ1n) is 8.25. The second-order valence-electron chi connectivity index (χ2n) is 6.11. The molecule has 1 rings (SSSR count). The SMILES string of the molecule is CCCC(CCC)(C(=O)N1CCCC1CCCO)C(N)=S. The summed E-state index contributed by atoms with van der Waals surface area (Å²) in [4.78, 5) is 15.5. The smallest absolute Gasteiger partial charge is 0.235 e. The molecule has 4 nitrogen and oxygen atoms in total. The Morgan fingerprint density at radius 3 is 2.48 bits per heavy atom. The van der Waals surface area contributed by atoms with E-state index in [1.165, 1.54) is 0 Å². The average Bonchev–Trinajstić information content (AvgIpc) is 2.91. The molecule has 0 aromatic rings. The van der Waals surface area contributed by atoms with Crippen molar-refractivity contribution >= 4 is 23.1 Å². The van der Waals surface area contributed by atoms with Gasteiger partial charge in [-0.2, -0.15) is 0 Å². The summed E-state index contributed by atoms with van der Waals surface area (Å²) in [6.45, 7) is 5.13. The van der Waals surface area contributed by atoms with Crippen LogP contribution in [0.15, 0.2) is 0 Å². The van der Waals surface area contributed by atoms with Gasteiger partial charge in [-0.25, -0.2) is 0 Å². The Hall–Kier alpha value is -0.680. The van der Waals surface area contributed by atoms with E-state index in [9.17, 15) is 4.79 Å². The lowest BCUT2D eigenvalue weighted by molar-refractivity contribution is -0.140. The maximum Gasteiger partial charge on any atom is 0.235 e. The van der Waals surface area contributed by atoms with Gasteiger partial charge in [-0.05, 0) is 38.5 Å².